The second-order valence-corrected chi connectivity index (χ2v) is 5.76. The van der Waals surface area contributed by atoms with Crippen LogP contribution in [-0.2, 0) is 5.54 Å². The van der Waals surface area contributed by atoms with Crippen molar-refractivity contribution >= 4 is 16.6 Å². The van der Waals surface area contributed by atoms with E-state index in [-0.39, 0.29) is 5.54 Å². The zero-order valence-electron chi connectivity index (χ0n) is 12.6. The Morgan fingerprint density at radius 2 is 1.76 bits per heavy atom. The van der Waals surface area contributed by atoms with E-state index in [0.717, 1.165) is 17.0 Å². The van der Waals surface area contributed by atoms with Gasteiger partial charge in [-0.1, -0.05) is 12.1 Å². The number of aromatic nitrogens is 1. The first-order valence-electron chi connectivity index (χ1n) is 7.08. The maximum atomic E-state index is 5.22. The van der Waals surface area contributed by atoms with Crippen LogP contribution in [0.3, 0.4) is 0 Å². The highest BCUT2D eigenvalue weighted by Crippen LogP contribution is 2.28. The summed E-state index contributed by atoms with van der Waals surface area (Å²) >= 11 is 0. The monoisotopic (exact) mass is 280 g/mol. The van der Waals surface area contributed by atoms with Gasteiger partial charge >= 0.3 is 0 Å². The smallest absolute Gasteiger partial charge is 0.118 e. The predicted octanol–water partition coefficient (Wildman–Crippen LogP) is 4.52. The Labute approximate surface area is 125 Å². The summed E-state index contributed by atoms with van der Waals surface area (Å²) in [6, 6.07) is 16.6. The van der Waals surface area contributed by atoms with Gasteiger partial charge in [0.15, 0.2) is 0 Å². The third-order valence-electron chi connectivity index (χ3n) is 3.82. The molecule has 1 heterocycles. The van der Waals surface area contributed by atoms with Gasteiger partial charge in [0.25, 0.3) is 0 Å². The summed E-state index contributed by atoms with van der Waals surface area (Å²) < 4.78 is 5.22. The minimum Gasteiger partial charge on any atom is -0.497 e. The molecular formula is C18H20N2O. The molecule has 3 nitrogen and oxygen atoms in total. The van der Waals surface area contributed by atoms with E-state index >= 15 is 0 Å². The van der Waals surface area contributed by atoms with Gasteiger partial charge in [0.1, 0.15) is 5.75 Å². The minimum atomic E-state index is -0.156. The number of rotatable bonds is 4. The number of aromatic amines is 1. The van der Waals surface area contributed by atoms with Gasteiger partial charge in [-0.3, -0.25) is 0 Å². The van der Waals surface area contributed by atoms with Gasteiger partial charge in [-0.2, -0.15) is 0 Å². The van der Waals surface area contributed by atoms with Crippen molar-refractivity contribution in [3.8, 4) is 5.75 Å². The molecule has 0 atom stereocenters. The maximum Gasteiger partial charge on any atom is 0.118 e. The van der Waals surface area contributed by atoms with Crippen LogP contribution < -0.4 is 10.1 Å². The zero-order valence-corrected chi connectivity index (χ0v) is 12.6. The molecule has 3 rings (SSSR count). The fraction of sp³-hybridized carbons (Fsp3) is 0.222. The molecule has 0 unspecified atom stereocenters. The molecule has 3 aromatic rings. The highest BCUT2D eigenvalue weighted by atomic mass is 16.5. The summed E-state index contributed by atoms with van der Waals surface area (Å²) in [6.07, 6.45) is 1.96. The first kappa shape index (κ1) is 13.6. The number of anilines is 1. The van der Waals surface area contributed by atoms with Gasteiger partial charge < -0.3 is 15.0 Å². The van der Waals surface area contributed by atoms with Crippen LogP contribution in [0.25, 0.3) is 10.9 Å². The molecule has 1 aromatic heterocycles. The molecule has 0 saturated heterocycles. The molecule has 0 aliphatic carbocycles. The van der Waals surface area contributed by atoms with Crippen LogP contribution in [-0.4, -0.2) is 12.1 Å². The Morgan fingerprint density at radius 3 is 2.48 bits per heavy atom. The van der Waals surface area contributed by atoms with Crippen molar-refractivity contribution in [2.75, 3.05) is 12.4 Å². The van der Waals surface area contributed by atoms with Gasteiger partial charge in [-0.05, 0) is 55.8 Å². The number of methoxy groups -OCH3 is 1. The van der Waals surface area contributed by atoms with E-state index in [1.165, 1.54) is 10.9 Å². The molecule has 0 saturated carbocycles. The second kappa shape index (κ2) is 5.17. The molecule has 0 fully saturated rings. The van der Waals surface area contributed by atoms with E-state index in [2.05, 4.69) is 60.5 Å². The van der Waals surface area contributed by atoms with Crippen molar-refractivity contribution in [3.63, 3.8) is 0 Å². The van der Waals surface area contributed by atoms with Gasteiger partial charge in [-0.15, -0.1) is 0 Å². The number of ether oxygens (including phenoxy) is 1. The highest BCUT2D eigenvalue weighted by Gasteiger charge is 2.20. The van der Waals surface area contributed by atoms with Gasteiger partial charge in [0.2, 0.25) is 0 Å². The Hall–Kier alpha value is -2.42. The van der Waals surface area contributed by atoms with Crippen molar-refractivity contribution in [3.05, 3.63) is 60.3 Å². The predicted molar refractivity (Wildman–Crippen MR) is 87.9 cm³/mol. The van der Waals surface area contributed by atoms with Crippen LogP contribution in [0, 0.1) is 0 Å². The number of benzene rings is 2. The minimum absolute atomic E-state index is 0.156. The van der Waals surface area contributed by atoms with Crippen LogP contribution in [0.4, 0.5) is 5.69 Å². The molecule has 0 radical (unpaired) electrons. The fourth-order valence-electron chi connectivity index (χ4n) is 2.57. The van der Waals surface area contributed by atoms with Crippen molar-refractivity contribution in [2.24, 2.45) is 0 Å². The largest absolute Gasteiger partial charge is 0.497 e. The molecule has 0 bridgehead atoms. The lowest BCUT2D eigenvalue weighted by Gasteiger charge is -2.28. The van der Waals surface area contributed by atoms with E-state index in [0.29, 0.717) is 0 Å². The molecule has 2 N–H and O–H groups in total. The standard InChI is InChI=1S/C18H20N2O/c1-18(2,14-4-7-16(21-3)8-5-14)20-15-6-9-17-13(12-15)10-11-19-17/h4-12,19-20H,1-3H3. The lowest BCUT2D eigenvalue weighted by molar-refractivity contribution is 0.414. The summed E-state index contributed by atoms with van der Waals surface area (Å²) in [6.45, 7) is 4.35. The van der Waals surface area contributed by atoms with Crippen LogP contribution in [0.2, 0.25) is 0 Å². The first-order chi connectivity index (χ1) is 10.1. The zero-order chi connectivity index (χ0) is 14.9. The molecule has 108 valence electrons. The third kappa shape index (κ3) is 2.72. The highest BCUT2D eigenvalue weighted by molar-refractivity contribution is 5.83. The fourth-order valence-corrected chi connectivity index (χ4v) is 2.57. The summed E-state index contributed by atoms with van der Waals surface area (Å²) in [5.74, 6) is 0.878. The summed E-state index contributed by atoms with van der Waals surface area (Å²) in [5, 5.41) is 4.81. The molecule has 2 aromatic carbocycles. The summed E-state index contributed by atoms with van der Waals surface area (Å²) in [5.41, 5.74) is 3.33. The lowest BCUT2D eigenvalue weighted by Crippen LogP contribution is -2.27. The van der Waals surface area contributed by atoms with Gasteiger partial charge in [-0.25, -0.2) is 0 Å². The van der Waals surface area contributed by atoms with E-state index in [9.17, 15) is 0 Å². The molecule has 0 aliphatic heterocycles. The van der Waals surface area contributed by atoms with Crippen LogP contribution in [0.1, 0.15) is 19.4 Å². The van der Waals surface area contributed by atoms with Crippen LogP contribution >= 0.6 is 0 Å². The molecule has 3 heteroatoms. The van der Waals surface area contributed by atoms with Crippen molar-refractivity contribution in [1.29, 1.82) is 0 Å². The Bertz CT molecular complexity index is 741. The quantitative estimate of drug-likeness (QED) is 0.737. The van der Waals surface area contributed by atoms with Crippen LogP contribution in [0.5, 0.6) is 5.75 Å². The normalized spacial score (nSPS) is 11.6. The SMILES string of the molecule is COc1ccc(C(C)(C)Nc2ccc3[nH]ccc3c2)cc1. The average molecular weight is 280 g/mol. The first-order valence-corrected chi connectivity index (χ1v) is 7.08. The van der Waals surface area contributed by atoms with Crippen molar-refractivity contribution in [2.45, 2.75) is 19.4 Å². The van der Waals surface area contributed by atoms with Gasteiger partial charge in [0, 0.05) is 22.8 Å². The summed E-state index contributed by atoms with van der Waals surface area (Å²) in [7, 11) is 1.69. The second-order valence-electron chi connectivity index (χ2n) is 5.76. The van der Waals surface area contributed by atoms with E-state index in [1.807, 2.05) is 18.3 Å². The molecule has 0 amide bonds. The Morgan fingerprint density at radius 1 is 1.00 bits per heavy atom. The number of hydrogen-bond acceptors (Lipinski definition) is 2. The number of hydrogen-bond donors (Lipinski definition) is 2. The number of nitrogens with one attached hydrogen (secondary N) is 2. The third-order valence-corrected chi connectivity index (χ3v) is 3.82. The molecular weight excluding hydrogens is 260 g/mol. The van der Waals surface area contributed by atoms with E-state index in [4.69, 9.17) is 4.74 Å². The van der Waals surface area contributed by atoms with Gasteiger partial charge in [0.05, 0.1) is 12.6 Å². The van der Waals surface area contributed by atoms with Crippen molar-refractivity contribution < 1.29 is 4.74 Å². The number of fused-ring (bicyclic) bond motifs is 1. The lowest BCUT2D eigenvalue weighted by atomic mass is 9.93. The molecule has 21 heavy (non-hydrogen) atoms. The van der Waals surface area contributed by atoms with E-state index < -0.39 is 0 Å². The van der Waals surface area contributed by atoms with Crippen molar-refractivity contribution in [1.82, 2.24) is 4.98 Å². The molecule has 0 spiro atoms. The maximum absolute atomic E-state index is 5.22. The Balaban J connectivity index is 1.86. The topological polar surface area (TPSA) is 37.0 Å². The van der Waals surface area contributed by atoms with Crippen LogP contribution in [0.15, 0.2) is 54.7 Å². The summed E-state index contributed by atoms with van der Waals surface area (Å²) in [4.78, 5) is 3.21. The average Bonchev–Trinajstić information content (AvgIpc) is 2.94. The number of H-pyrrole nitrogens is 1. The Kier molecular flexibility index (Phi) is 3.34. The molecule has 0 aliphatic rings. The van der Waals surface area contributed by atoms with E-state index in [1.54, 1.807) is 7.11 Å².